The van der Waals surface area contributed by atoms with E-state index in [4.69, 9.17) is 15.6 Å². The highest BCUT2D eigenvalue weighted by atomic mass is 16.4. The molecule has 2 N–H and O–H groups in total. The number of allylic oxidation sites excluding steroid dienone is 2. The summed E-state index contributed by atoms with van der Waals surface area (Å²) in [7, 11) is 0. The minimum Gasteiger partial charge on any atom is -0.481 e. The van der Waals surface area contributed by atoms with Gasteiger partial charge in [0.25, 0.3) is 0 Å². The first kappa shape index (κ1) is 18.9. The van der Waals surface area contributed by atoms with Gasteiger partial charge in [0, 0.05) is 11.1 Å². The number of aliphatic carboxylic acids is 1. The summed E-state index contributed by atoms with van der Waals surface area (Å²) in [4.78, 5) is 24.0. The minimum atomic E-state index is -1.13. The summed E-state index contributed by atoms with van der Waals surface area (Å²) in [5.41, 5.74) is -0.0134. The number of carboxylic acids is 1. The number of anilines is 1. The van der Waals surface area contributed by atoms with Crippen molar-refractivity contribution in [2.24, 2.45) is 0 Å². The molecule has 0 aliphatic heterocycles. The standard InChI is InChI=1S/C20H12N4O3/c21-10-15(11-22)17(12-23)24-19-14(9-18(25)26)7-4-8-16(19)20(27)13-5-2-1-3-6-13/h1-8,24H,9H2,(H,25,26). The maximum absolute atomic E-state index is 12.9. The van der Waals surface area contributed by atoms with Crippen LogP contribution in [-0.2, 0) is 11.2 Å². The van der Waals surface area contributed by atoms with E-state index in [-0.39, 0.29) is 22.5 Å². The molecule has 27 heavy (non-hydrogen) atoms. The van der Waals surface area contributed by atoms with Crippen LogP contribution in [0.5, 0.6) is 0 Å². The number of hydrogen-bond donors (Lipinski definition) is 2. The van der Waals surface area contributed by atoms with Gasteiger partial charge in [-0.05, 0) is 11.6 Å². The molecule has 7 nitrogen and oxygen atoms in total. The molecule has 7 heteroatoms. The molecular formula is C20H12N4O3. The Morgan fingerprint density at radius 3 is 2.15 bits per heavy atom. The summed E-state index contributed by atoms with van der Waals surface area (Å²) >= 11 is 0. The van der Waals surface area contributed by atoms with Crippen LogP contribution in [0.1, 0.15) is 21.5 Å². The third-order valence-corrected chi connectivity index (χ3v) is 3.61. The Hall–Kier alpha value is -4.41. The second kappa shape index (κ2) is 8.62. The molecule has 0 heterocycles. The first-order chi connectivity index (χ1) is 13.0. The van der Waals surface area contributed by atoms with E-state index in [0.29, 0.717) is 5.56 Å². The normalized spacial score (nSPS) is 9.22. The Morgan fingerprint density at radius 1 is 0.926 bits per heavy atom. The van der Waals surface area contributed by atoms with E-state index in [2.05, 4.69) is 5.32 Å². The highest BCUT2D eigenvalue weighted by molar-refractivity contribution is 6.13. The highest BCUT2D eigenvalue weighted by Crippen LogP contribution is 2.26. The number of nitriles is 3. The number of carbonyl (C=O) groups is 2. The van der Waals surface area contributed by atoms with Crippen molar-refractivity contribution in [1.82, 2.24) is 0 Å². The van der Waals surface area contributed by atoms with Crippen LogP contribution in [0.2, 0.25) is 0 Å². The molecule has 0 fully saturated rings. The molecule has 0 unspecified atom stereocenters. The van der Waals surface area contributed by atoms with Crippen molar-refractivity contribution in [2.45, 2.75) is 6.42 Å². The van der Waals surface area contributed by atoms with E-state index in [9.17, 15) is 14.9 Å². The lowest BCUT2D eigenvalue weighted by Crippen LogP contribution is -2.13. The fourth-order valence-electron chi connectivity index (χ4n) is 2.40. The lowest BCUT2D eigenvalue weighted by atomic mass is 9.97. The van der Waals surface area contributed by atoms with Gasteiger partial charge in [-0.15, -0.1) is 0 Å². The SMILES string of the molecule is N#CC(C#N)=C(C#N)Nc1c(CC(=O)O)cccc1C(=O)c1ccccc1. The number of rotatable bonds is 6. The van der Waals surface area contributed by atoms with Crippen LogP contribution in [0.3, 0.4) is 0 Å². The molecule has 0 bridgehead atoms. The first-order valence-corrected chi connectivity index (χ1v) is 7.66. The Morgan fingerprint density at radius 2 is 1.59 bits per heavy atom. The van der Waals surface area contributed by atoms with Crippen molar-refractivity contribution in [3.8, 4) is 18.2 Å². The lowest BCUT2D eigenvalue weighted by Gasteiger charge is -2.15. The quantitative estimate of drug-likeness (QED) is 0.599. The van der Waals surface area contributed by atoms with Gasteiger partial charge in [0.1, 0.15) is 23.9 Å². The van der Waals surface area contributed by atoms with Gasteiger partial charge in [0.05, 0.1) is 12.1 Å². The number of ketones is 1. The van der Waals surface area contributed by atoms with Crippen LogP contribution >= 0.6 is 0 Å². The Kier molecular flexibility index (Phi) is 6.04. The molecule has 0 atom stereocenters. The Labute approximate surface area is 155 Å². The average Bonchev–Trinajstić information content (AvgIpc) is 2.68. The average molecular weight is 356 g/mol. The van der Waals surface area contributed by atoms with E-state index in [1.54, 1.807) is 48.5 Å². The van der Waals surface area contributed by atoms with E-state index in [0.717, 1.165) is 0 Å². The molecule has 2 aromatic rings. The summed E-state index contributed by atoms with van der Waals surface area (Å²) in [6.45, 7) is 0. The van der Waals surface area contributed by atoms with Crippen LogP contribution in [0.4, 0.5) is 5.69 Å². The summed E-state index contributed by atoms with van der Waals surface area (Å²) in [5.74, 6) is -1.52. The van der Waals surface area contributed by atoms with Crippen molar-refractivity contribution in [3.63, 3.8) is 0 Å². The molecule has 0 aliphatic carbocycles. The lowest BCUT2D eigenvalue weighted by molar-refractivity contribution is -0.136. The number of nitrogens with zero attached hydrogens (tertiary/aromatic N) is 3. The summed E-state index contributed by atoms with van der Waals surface area (Å²) in [5, 5.41) is 39.0. The fraction of sp³-hybridized carbons (Fsp3) is 0.0500. The van der Waals surface area contributed by atoms with Crippen LogP contribution in [-0.4, -0.2) is 16.9 Å². The van der Waals surface area contributed by atoms with E-state index >= 15 is 0 Å². The zero-order valence-corrected chi connectivity index (χ0v) is 13.9. The van der Waals surface area contributed by atoms with Crippen LogP contribution in [0, 0.1) is 34.0 Å². The molecule has 0 spiro atoms. The molecule has 2 aromatic carbocycles. The zero-order valence-electron chi connectivity index (χ0n) is 13.9. The third-order valence-electron chi connectivity index (χ3n) is 3.61. The second-order valence-electron chi connectivity index (χ2n) is 5.32. The molecule has 130 valence electrons. The number of nitrogens with one attached hydrogen (secondary N) is 1. The van der Waals surface area contributed by atoms with Gasteiger partial charge in [-0.1, -0.05) is 42.5 Å². The predicted molar refractivity (Wildman–Crippen MR) is 95.1 cm³/mol. The van der Waals surface area contributed by atoms with E-state index < -0.39 is 23.7 Å². The maximum Gasteiger partial charge on any atom is 0.307 e. The van der Waals surface area contributed by atoms with Gasteiger partial charge in [0.15, 0.2) is 11.4 Å². The Bertz CT molecular complexity index is 1040. The fourth-order valence-corrected chi connectivity index (χ4v) is 2.40. The summed E-state index contributed by atoms with van der Waals surface area (Å²) < 4.78 is 0. The van der Waals surface area contributed by atoms with Crippen LogP contribution < -0.4 is 5.32 Å². The highest BCUT2D eigenvalue weighted by Gasteiger charge is 2.20. The van der Waals surface area contributed by atoms with Gasteiger partial charge >= 0.3 is 5.97 Å². The molecule has 2 rings (SSSR count). The van der Waals surface area contributed by atoms with Crippen molar-refractivity contribution in [2.75, 3.05) is 5.32 Å². The van der Waals surface area contributed by atoms with Gasteiger partial charge in [-0.25, -0.2) is 0 Å². The topological polar surface area (TPSA) is 138 Å². The van der Waals surface area contributed by atoms with E-state index in [1.165, 1.54) is 18.2 Å². The number of carboxylic acid groups (broad SMARTS) is 1. The molecule has 0 aliphatic rings. The van der Waals surface area contributed by atoms with Gasteiger partial charge in [0.2, 0.25) is 0 Å². The van der Waals surface area contributed by atoms with Crippen molar-refractivity contribution < 1.29 is 14.7 Å². The maximum atomic E-state index is 12.9. The van der Waals surface area contributed by atoms with Gasteiger partial charge in [-0.2, -0.15) is 15.8 Å². The summed E-state index contributed by atoms with van der Waals surface area (Å²) in [6.07, 6.45) is -0.411. The van der Waals surface area contributed by atoms with Gasteiger partial charge < -0.3 is 10.4 Å². The molecule has 0 aromatic heterocycles. The monoisotopic (exact) mass is 356 g/mol. The number of hydrogen-bond acceptors (Lipinski definition) is 6. The van der Waals surface area contributed by atoms with Gasteiger partial charge in [-0.3, -0.25) is 9.59 Å². The zero-order chi connectivity index (χ0) is 19.8. The van der Waals surface area contributed by atoms with Crippen LogP contribution in [0.15, 0.2) is 59.8 Å². The number of carbonyl (C=O) groups excluding carboxylic acids is 1. The van der Waals surface area contributed by atoms with Crippen LogP contribution in [0.25, 0.3) is 0 Å². The number of para-hydroxylation sites is 1. The third kappa shape index (κ3) is 4.36. The minimum absolute atomic E-state index is 0.0771. The summed E-state index contributed by atoms with van der Waals surface area (Å²) in [6, 6.07) is 17.7. The smallest absolute Gasteiger partial charge is 0.307 e. The van der Waals surface area contributed by atoms with E-state index in [1.807, 2.05) is 0 Å². The molecule has 0 saturated carbocycles. The van der Waals surface area contributed by atoms with Crippen molar-refractivity contribution in [3.05, 3.63) is 76.5 Å². The predicted octanol–water partition coefficient (Wildman–Crippen LogP) is 2.78. The molecular weight excluding hydrogens is 344 g/mol. The van der Waals surface area contributed by atoms with Crippen molar-refractivity contribution >= 4 is 17.4 Å². The van der Waals surface area contributed by atoms with Crippen molar-refractivity contribution in [1.29, 1.82) is 15.8 Å². The Balaban J connectivity index is 2.66. The second-order valence-corrected chi connectivity index (χ2v) is 5.32. The first-order valence-electron chi connectivity index (χ1n) is 7.66. The molecule has 0 radical (unpaired) electrons. The molecule has 0 saturated heterocycles. The molecule has 0 amide bonds. The number of benzene rings is 2. The largest absolute Gasteiger partial charge is 0.481 e.